The Labute approximate surface area is 130 Å². The molecule has 4 nitrogen and oxygen atoms in total. The second-order valence-corrected chi connectivity index (χ2v) is 5.10. The van der Waals surface area contributed by atoms with Gasteiger partial charge in [0.25, 0.3) is 0 Å². The van der Waals surface area contributed by atoms with Crippen molar-refractivity contribution in [3.63, 3.8) is 0 Å². The molecular weight excluding hydrogens is 276 g/mol. The van der Waals surface area contributed by atoms with Crippen molar-refractivity contribution in [1.82, 2.24) is 5.32 Å². The summed E-state index contributed by atoms with van der Waals surface area (Å²) in [6.07, 6.45) is 1.83. The average Bonchev–Trinajstić information content (AvgIpc) is 2.53. The predicted octanol–water partition coefficient (Wildman–Crippen LogP) is 3.64. The van der Waals surface area contributed by atoms with E-state index in [-0.39, 0.29) is 11.8 Å². The molecule has 0 spiro atoms. The van der Waals surface area contributed by atoms with Gasteiger partial charge in [-0.05, 0) is 49.6 Å². The number of urea groups is 1. The molecule has 2 aromatic carbocycles. The van der Waals surface area contributed by atoms with Crippen LogP contribution in [0.3, 0.4) is 0 Å². The van der Waals surface area contributed by atoms with E-state index in [1.54, 1.807) is 24.3 Å². The summed E-state index contributed by atoms with van der Waals surface area (Å²) in [4.78, 5) is 22.9. The van der Waals surface area contributed by atoms with Crippen LogP contribution in [0.5, 0.6) is 0 Å². The van der Waals surface area contributed by atoms with E-state index in [9.17, 15) is 9.59 Å². The quantitative estimate of drug-likeness (QED) is 0.631. The zero-order chi connectivity index (χ0) is 15.8. The highest BCUT2D eigenvalue weighted by molar-refractivity contribution is 5.95. The molecule has 0 bridgehead atoms. The smallest absolute Gasteiger partial charge is 0.319 e. The molecular formula is C18H20N2O2. The second kappa shape index (κ2) is 7.98. The van der Waals surface area contributed by atoms with E-state index in [0.29, 0.717) is 17.8 Å². The molecule has 0 radical (unpaired) electrons. The number of hydrogen-bond donors (Lipinski definition) is 2. The maximum absolute atomic E-state index is 11.8. The summed E-state index contributed by atoms with van der Waals surface area (Å²) >= 11 is 0. The van der Waals surface area contributed by atoms with Crippen molar-refractivity contribution in [2.75, 3.05) is 11.9 Å². The van der Waals surface area contributed by atoms with Gasteiger partial charge in [0.2, 0.25) is 0 Å². The highest BCUT2D eigenvalue weighted by Crippen LogP contribution is 2.09. The minimum atomic E-state index is -0.233. The van der Waals surface area contributed by atoms with Crippen LogP contribution in [0.4, 0.5) is 10.5 Å². The zero-order valence-electron chi connectivity index (χ0n) is 12.6. The molecule has 0 aromatic heterocycles. The third-order valence-corrected chi connectivity index (χ3v) is 3.32. The lowest BCUT2D eigenvalue weighted by atomic mass is 10.1. The molecule has 2 rings (SSSR count). The van der Waals surface area contributed by atoms with E-state index < -0.39 is 0 Å². The van der Waals surface area contributed by atoms with Gasteiger partial charge < -0.3 is 10.6 Å². The number of benzene rings is 2. The normalized spacial score (nSPS) is 10.0. The summed E-state index contributed by atoms with van der Waals surface area (Å²) in [6, 6.07) is 16.8. The minimum Gasteiger partial charge on any atom is -0.338 e. The summed E-state index contributed by atoms with van der Waals surface area (Å²) in [7, 11) is 0. The standard InChI is InChI=1S/C18H20N2O2/c1-14(21)16-9-11-17(12-10-16)20-18(22)19-13-5-8-15-6-3-2-4-7-15/h2-4,6-7,9-12H,5,8,13H2,1H3,(H2,19,20,22). The number of aryl methyl sites for hydroxylation is 1. The van der Waals surface area contributed by atoms with Gasteiger partial charge in [0.1, 0.15) is 0 Å². The number of anilines is 1. The number of amides is 2. The van der Waals surface area contributed by atoms with Crippen LogP contribution >= 0.6 is 0 Å². The predicted molar refractivity (Wildman–Crippen MR) is 88.2 cm³/mol. The van der Waals surface area contributed by atoms with Crippen molar-refractivity contribution in [1.29, 1.82) is 0 Å². The molecule has 0 saturated carbocycles. The summed E-state index contributed by atoms with van der Waals surface area (Å²) in [5.74, 6) is 0.0110. The Morgan fingerprint density at radius 3 is 2.27 bits per heavy atom. The van der Waals surface area contributed by atoms with Crippen LogP contribution in [0, 0.1) is 0 Å². The highest BCUT2D eigenvalue weighted by atomic mass is 16.2. The first-order valence-corrected chi connectivity index (χ1v) is 7.35. The van der Waals surface area contributed by atoms with E-state index in [0.717, 1.165) is 12.8 Å². The van der Waals surface area contributed by atoms with Crippen molar-refractivity contribution in [2.24, 2.45) is 0 Å². The van der Waals surface area contributed by atoms with Crippen LogP contribution < -0.4 is 10.6 Å². The number of rotatable bonds is 6. The molecule has 0 aliphatic carbocycles. The fourth-order valence-corrected chi connectivity index (χ4v) is 2.10. The Morgan fingerprint density at radius 1 is 0.955 bits per heavy atom. The third kappa shape index (κ3) is 5.05. The van der Waals surface area contributed by atoms with Crippen molar-refractivity contribution < 1.29 is 9.59 Å². The average molecular weight is 296 g/mol. The molecule has 0 aliphatic heterocycles. The first-order chi connectivity index (χ1) is 10.6. The van der Waals surface area contributed by atoms with Crippen molar-refractivity contribution in [3.05, 3.63) is 65.7 Å². The zero-order valence-corrected chi connectivity index (χ0v) is 12.6. The van der Waals surface area contributed by atoms with Crippen molar-refractivity contribution >= 4 is 17.5 Å². The van der Waals surface area contributed by atoms with Gasteiger partial charge >= 0.3 is 6.03 Å². The fourth-order valence-electron chi connectivity index (χ4n) is 2.10. The topological polar surface area (TPSA) is 58.2 Å². The molecule has 114 valence electrons. The number of ketones is 1. The van der Waals surface area contributed by atoms with E-state index in [1.807, 2.05) is 18.2 Å². The SMILES string of the molecule is CC(=O)c1ccc(NC(=O)NCCCc2ccccc2)cc1. The van der Waals surface area contributed by atoms with E-state index in [4.69, 9.17) is 0 Å². The van der Waals surface area contributed by atoms with Crippen LogP contribution in [0.15, 0.2) is 54.6 Å². The maximum atomic E-state index is 11.8. The van der Waals surface area contributed by atoms with Crippen LogP contribution in [-0.4, -0.2) is 18.4 Å². The summed E-state index contributed by atoms with van der Waals surface area (Å²) in [5.41, 5.74) is 2.57. The molecule has 0 atom stereocenters. The fraction of sp³-hybridized carbons (Fsp3) is 0.222. The molecule has 2 N–H and O–H groups in total. The summed E-state index contributed by atoms with van der Waals surface area (Å²) < 4.78 is 0. The Kier molecular flexibility index (Phi) is 5.72. The van der Waals surface area contributed by atoms with Gasteiger partial charge in [-0.25, -0.2) is 4.79 Å². The molecule has 4 heteroatoms. The summed E-state index contributed by atoms with van der Waals surface area (Å²) in [6.45, 7) is 2.13. The number of hydrogen-bond acceptors (Lipinski definition) is 2. The van der Waals surface area contributed by atoms with Gasteiger partial charge in [-0.3, -0.25) is 4.79 Å². The molecule has 0 heterocycles. The Morgan fingerprint density at radius 2 is 1.64 bits per heavy atom. The highest BCUT2D eigenvalue weighted by Gasteiger charge is 2.03. The van der Waals surface area contributed by atoms with Gasteiger partial charge in [0.15, 0.2) is 5.78 Å². The first-order valence-electron chi connectivity index (χ1n) is 7.35. The molecule has 0 saturated heterocycles. The molecule has 0 aliphatic rings. The molecule has 22 heavy (non-hydrogen) atoms. The van der Waals surface area contributed by atoms with Crippen LogP contribution in [-0.2, 0) is 6.42 Å². The number of Topliss-reactive ketones (excluding diaryl/α,β-unsaturated/α-hetero) is 1. The molecule has 2 aromatic rings. The first kappa shape index (κ1) is 15.8. The molecule has 0 unspecified atom stereocenters. The van der Waals surface area contributed by atoms with Crippen molar-refractivity contribution in [2.45, 2.75) is 19.8 Å². The van der Waals surface area contributed by atoms with Crippen LogP contribution in [0.25, 0.3) is 0 Å². The van der Waals surface area contributed by atoms with Crippen LogP contribution in [0.2, 0.25) is 0 Å². The summed E-state index contributed by atoms with van der Waals surface area (Å²) in [5, 5.41) is 5.57. The third-order valence-electron chi connectivity index (χ3n) is 3.32. The molecule has 0 fully saturated rings. The van der Waals surface area contributed by atoms with E-state index in [2.05, 4.69) is 22.8 Å². The molecule has 2 amide bonds. The van der Waals surface area contributed by atoms with Gasteiger partial charge in [0, 0.05) is 17.8 Å². The van der Waals surface area contributed by atoms with Gasteiger partial charge in [-0.2, -0.15) is 0 Å². The van der Waals surface area contributed by atoms with Crippen molar-refractivity contribution in [3.8, 4) is 0 Å². The van der Waals surface area contributed by atoms with E-state index in [1.165, 1.54) is 12.5 Å². The minimum absolute atomic E-state index is 0.0110. The number of nitrogens with one attached hydrogen (secondary N) is 2. The lowest BCUT2D eigenvalue weighted by molar-refractivity contribution is 0.101. The Balaban J connectivity index is 1.70. The van der Waals surface area contributed by atoms with E-state index >= 15 is 0 Å². The maximum Gasteiger partial charge on any atom is 0.319 e. The Hall–Kier alpha value is -2.62. The largest absolute Gasteiger partial charge is 0.338 e. The lowest BCUT2D eigenvalue weighted by Crippen LogP contribution is -2.29. The Bertz CT molecular complexity index is 621. The van der Waals surface area contributed by atoms with Gasteiger partial charge in [0.05, 0.1) is 0 Å². The van der Waals surface area contributed by atoms with Gasteiger partial charge in [-0.1, -0.05) is 30.3 Å². The van der Waals surface area contributed by atoms with Crippen LogP contribution in [0.1, 0.15) is 29.3 Å². The number of carbonyl (C=O) groups excluding carboxylic acids is 2. The lowest BCUT2D eigenvalue weighted by Gasteiger charge is -2.08. The second-order valence-electron chi connectivity index (χ2n) is 5.10. The number of carbonyl (C=O) groups is 2. The van der Waals surface area contributed by atoms with Gasteiger partial charge in [-0.15, -0.1) is 0 Å². The monoisotopic (exact) mass is 296 g/mol.